The Bertz CT molecular complexity index is 1170. The molecule has 6 heteroatoms. The zero-order valence-corrected chi connectivity index (χ0v) is 17.8. The van der Waals surface area contributed by atoms with Crippen molar-refractivity contribution in [3.8, 4) is 0 Å². The number of hydrogen-bond donors (Lipinski definition) is 0. The second-order valence-corrected chi connectivity index (χ2v) is 8.45. The van der Waals surface area contributed by atoms with Gasteiger partial charge in [-0.1, -0.05) is 47.2 Å². The molecule has 0 saturated heterocycles. The molecule has 0 N–H and O–H groups in total. The van der Waals surface area contributed by atoms with E-state index in [1.807, 2.05) is 42.5 Å². The highest BCUT2D eigenvalue weighted by Gasteiger charge is 2.21. The Labute approximate surface area is 178 Å². The summed E-state index contributed by atoms with van der Waals surface area (Å²) in [5.41, 5.74) is 5.04. The average Bonchev–Trinajstić information content (AvgIpc) is 3.12. The minimum atomic E-state index is -0.0101. The highest BCUT2D eigenvalue weighted by Crippen LogP contribution is 2.32. The number of fused-ring (bicyclic) bond motifs is 1. The lowest BCUT2D eigenvalue weighted by Crippen LogP contribution is -2.32. The number of benzene rings is 2. The van der Waals surface area contributed by atoms with Gasteiger partial charge in [0, 0.05) is 11.2 Å². The highest BCUT2D eigenvalue weighted by atomic mass is 35.5. The van der Waals surface area contributed by atoms with Crippen LogP contribution in [0.1, 0.15) is 22.4 Å². The summed E-state index contributed by atoms with van der Waals surface area (Å²) in [6, 6.07) is 17.4. The fraction of sp³-hybridized carbons (Fsp3) is 0.174. The molecule has 4 rings (SSSR count). The van der Waals surface area contributed by atoms with Crippen molar-refractivity contribution in [2.75, 3.05) is 4.90 Å². The third kappa shape index (κ3) is 4.47. The quantitative estimate of drug-likeness (QED) is 0.413. The standard InChI is InChI=1S/C23H20ClN3OS/c1-15-6-7-17(11-16(15)2)12-22(28)27(14-19-5-3-4-10-25-19)23-26-20-9-8-18(24)13-21(20)29-23/h3-11,13H,12,14H2,1-2H3. The van der Waals surface area contributed by atoms with Gasteiger partial charge >= 0.3 is 0 Å². The van der Waals surface area contributed by atoms with Crippen molar-refractivity contribution < 1.29 is 4.79 Å². The molecule has 0 aliphatic heterocycles. The second kappa shape index (κ2) is 8.31. The van der Waals surface area contributed by atoms with Gasteiger partial charge in [-0.3, -0.25) is 14.7 Å². The molecule has 2 aromatic heterocycles. The maximum absolute atomic E-state index is 13.3. The molecule has 0 unspecified atom stereocenters. The lowest BCUT2D eigenvalue weighted by Gasteiger charge is -2.20. The molecule has 0 aliphatic carbocycles. The summed E-state index contributed by atoms with van der Waals surface area (Å²) in [7, 11) is 0. The van der Waals surface area contributed by atoms with Crippen LogP contribution in [0.5, 0.6) is 0 Å². The number of nitrogens with zero attached hydrogens (tertiary/aromatic N) is 3. The van der Waals surface area contributed by atoms with E-state index >= 15 is 0 Å². The van der Waals surface area contributed by atoms with Crippen molar-refractivity contribution in [2.45, 2.75) is 26.8 Å². The van der Waals surface area contributed by atoms with Gasteiger partial charge in [-0.15, -0.1) is 0 Å². The lowest BCUT2D eigenvalue weighted by atomic mass is 10.0. The molecule has 0 fully saturated rings. The summed E-state index contributed by atoms with van der Waals surface area (Å²) in [6.45, 7) is 4.50. The second-order valence-electron chi connectivity index (χ2n) is 7.00. The van der Waals surface area contributed by atoms with Crippen LogP contribution in [0.25, 0.3) is 10.2 Å². The molecule has 0 radical (unpaired) electrons. The Morgan fingerprint density at radius 2 is 1.93 bits per heavy atom. The third-order valence-corrected chi connectivity index (χ3v) is 6.12. The number of halogens is 1. The predicted molar refractivity (Wildman–Crippen MR) is 120 cm³/mol. The topological polar surface area (TPSA) is 46.1 Å². The molecule has 2 aromatic carbocycles. The number of hydrogen-bond acceptors (Lipinski definition) is 4. The normalized spacial score (nSPS) is 11.0. The summed E-state index contributed by atoms with van der Waals surface area (Å²) in [4.78, 5) is 24.1. The molecule has 2 heterocycles. The summed E-state index contributed by atoms with van der Waals surface area (Å²) in [6.07, 6.45) is 2.05. The molecule has 29 heavy (non-hydrogen) atoms. The first-order chi connectivity index (χ1) is 14.0. The largest absolute Gasteiger partial charge is 0.282 e. The van der Waals surface area contributed by atoms with Gasteiger partial charge in [-0.2, -0.15) is 0 Å². The van der Waals surface area contributed by atoms with Crippen molar-refractivity contribution in [2.24, 2.45) is 0 Å². The summed E-state index contributed by atoms with van der Waals surface area (Å²) >= 11 is 7.59. The number of aromatic nitrogens is 2. The molecule has 146 valence electrons. The first kappa shape index (κ1) is 19.6. The molecule has 0 aliphatic rings. The number of thiazole rings is 1. The van der Waals surface area contributed by atoms with E-state index in [1.165, 1.54) is 22.5 Å². The molecule has 0 atom stereocenters. The van der Waals surface area contributed by atoms with Gasteiger partial charge in [0.2, 0.25) is 5.91 Å². The first-order valence-corrected chi connectivity index (χ1v) is 10.5. The van der Waals surface area contributed by atoms with Crippen LogP contribution < -0.4 is 4.90 Å². The van der Waals surface area contributed by atoms with Crippen LogP contribution >= 0.6 is 22.9 Å². The monoisotopic (exact) mass is 421 g/mol. The van der Waals surface area contributed by atoms with Crippen LogP contribution in [0, 0.1) is 13.8 Å². The minimum absolute atomic E-state index is 0.0101. The number of rotatable bonds is 5. The smallest absolute Gasteiger partial charge is 0.233 e. The van der Waals surface area contributed by atoms with Gasteiger partial charge in [0.25, 0.3) is 0 Å². The van der Waals surface area contributed by atoms with Crippen LogP contribution in [0.2, 0.25) is 5.02 Å². The molecular weight excluding hydrogens is 402 g/mol. The molecule has 0 spiro atoms. The van der Waals surface area contributed by atoms with Gasteiger partial charge in [0.15, 0.2) is 5.13 Å². The van der Waals surface area contributed by atoms with Gasteiger partial charge in [0.1, 0.15) is 0 Å². The fourth-order valence-electron chi connectivity index (χ4n) is 3.10. The molecule has 4 nitrogen and oxygen atoms in total. The van der Waals surface area contributed by atoms with Gasteiger partial charge in [-0.25, -0.2) is 4.98 Å². The predicted octanol–water partition coefficient (Wildman–Crippen LogP) is 5.74. The van der Waals surface area contributed by atoms with Crippen LogP contribution in [0.15, 0.2) is 60.8 Å². The molecule has 1 amide bonds. The maximum Gasteiger partial charge on any atom is 0.233 e. The van der Waals surface area contributed by atoms with E-state index in [0.29, 0.717) is 23.1 Å². The third-order valence-electron chi connectivity index (χ3n) is 4.84. The number of amides is 1. The Balaban J connectivity index is 1.68. The van der Waals surface area contributed by atoms with Gasteiger partial charge in [0.05, 0.1) is 28.9 Å². The number of anilines is 1. The van der Waals surface area contributed by atoms with Crippen LogP contribution in [0.4, 0.5) is 5.13 Å². The van der Waals surface area contributed by atoms with E-state index in [0.717, 1.165) is 21.5 Å². The lowest BCUT2D eigenvalue weighted by molar-refractivity contribution is -0.118. The first-order valence-electron chi connectivity index (χ1n) is 9.32. The summed E-state index contributed by atoms with van der Waals surface area (Å²) < 4.78 is 0.956. The van der Waals surface area contributed by atoms with E-state index in [2.05, 4.69) is 35.9 Å². The van der Waals surface area contributed by atoms with Crippen LogP contribution in [-0.4, -0.2) is 15.9 Å². The number of carbonyl (C=O) groups excluding carboxylic acids is 1. The van der Waals surface area contributed by atoms with Crippen molar-refractivity contribution in [1.82, 2.24) is 9.97 Å². The highest BCUT2D eigenvalue weighted by molar-refractivity contribution is 7.22. The zero-order valence-electron chi connectivity index (χ0n) is 16.2. The SMILES string of the molecule is Cc1ccc(CC(=O)N(Cc2ccccn2)c2nc3ccc(Cl)cc3s2)cc1C. The van der Waals surface area contributed by atoms with Gasteiger partial charge < -0.3 is 0 Å². The number of carbonyl (C=O) groups is 1. The minimum Gasteiger partial charge on any atom is -0.282 e. The summed E-state index contributed by atoms with van der Waals surface area (Å²) in [5.74, 6) is -0.0101. The van der Waals surface area contributed by atoms with Crippen LogP contribution in [0.3, 0.4) is 0 Å². The Kier molecular flexibility index (Phi) is 5.60. The van der Waals surface area contributed by atoms with E-state index < -0.39 is 0 Å². The van der Waals surface area contributed by atoms with Crippen molar-refractivity contribution in [3.05, 3.63) is 88.2 Å². The average molecular weight is 422 g/mol. The fourth-order valence-corrected chi connectivity index (χ4v) is 4.36. The van der Waals surface area contributed by atoms with E-state index in [4.69, 9.17) is 11.6 Å². The van der Waals surface area contributed by atoms with Crippen molar-refractivity contribution in [3.63, 3.8) is 0 Å². The molecule has 4 aromatic rings. The summed E-state index contributed by atoms with van der Waals surface area (Å²) in [5, 5.41) is 1.31. The van der Waals surface area contributed by atoms with E-state index in [1.54, 1.807) is 11.1 Å². The van der Waals surface area contributed by atoms with Crippen molar-refractivity contribution in [1.29, 1.82) is 0 Å². The van der Waals surface area contributed by atoms with E-state index in [-0.39, 0.29) is 5.91 Å². The molecular formula is C23H20ClN3OS. The Morgan fingerprint density at radius 3 is 2.69 bits per heavy atom. The van der Waals surface area contributed by atoms with Gasteiger partial charge in [-0.05, 0) is 60.9 Å². The van der Waals surface area contributed by atoms with Crippen LogP contribution in [-0.2, 0) is 17.8 Å². The maximum atomic E-state index is 13.3. The zero-order chi connectivity index (χ0) is 20.4. The Morgan fingerprint density at radius 1 is 1.07 bits per heavy atom. The van der Waals surface area contributed by atoms with E-state index in [9.17, 15) is 4.79 Å². The van der Waals surface area contributed by atoms with Crippen molar-refractivity contribution >= 4 is 44.2 Å². The number of aryl methyl sites for hydroxylation is 2. The Hall–Kier alpha value is -2.76. The molecule has 0 bridgehead atoms. The number of pyridine rings is 1. The molecule has 0 saturated carbocycles.